The highest BCUT2D eigenvalue weighted by Gasteiger charge is 1.97. The Kier molecular flexibility index (Phi) is 6.93. The summed E-state index contributed by atoms with van der Waals surface area (Å²) in [4.78, 5) is 0. The molecule has 26 heavy (non-hydrogen) atoms. The second-order valence-electron chi connectivity index (χ2n) is 5.65. The molecule has 0 saturated carbocycles. The van der Waals surface area contributed by atoms with Crippen molar-refractivity contribution in [1.82, 2.24) is 5.43 Å². The van der Waals surface area contributed by atoms with E-state index in [4.69, 9.17) is 17.2 Å². The number of hydrogen-bond donors (Lipinski definition) is 4. The minimum absolute atomic E-state index is 0.0590. The van der Waals surface area contributed by atoms with Crippen molar-refractivity contribution >= 4 is 18.4 Å². The van der Waals surface area contributed by atoms with Crippen molar-refractivity contribution in [1.29, 1.82) is 0 Å². The van der Waals surface area contributed by atoms with Crippen LogP contribution in [0.1, 0.15) is 22.3 Å². The summed E-state index contributed by atoms with van der Waals surface area (Å²) in [6.07, 6.45) is 5.22. The molecule has 0 saturated heterocycles. The summed E-state index contributed by atoms with van der Waals surface area (Å²) in [7, 11) is 0. The van der Waals surface area contributed by atoms with Gasteiger partial charge in [-0.2, -0.15) is 10.2 Å². The Morgan fingerprint density at radius 3 is 1.81 bits per heavy atom. The van der Waals surface area contributed by atoms with E-state index in [0.29, 0.717) is 5.82 Å². The number of nitrogens with zero attached hydrogens (tertiary/aromatic N) is 3. The predicted molar refractivity (Wildman–Crippen MR) is 108 cm³/mol. The van der Waals surface area contributed by atoms with E-state index in [1.54, 1.807) is 12.4 Å². The molecule has 134 valence electrons. The van der Waals surface area contributed by atoms with Crippen LogP contribution in [-0.2, 0) is 12.8 Å². The van der Waals surface area contributed by atoms with Crippen LogP contribution in [0.5, 0.6) is 0 Å². The van der Waals surface area contributed by atoms with E-state index < -0.39 is 0 Å². The summed E-state index contributed by atoms with van der Waals surface area (Å²) in [5, 5.41) is 11.3. The summed E-state index contributed by atoms with van der Waals surface area (Å²) >= 11 is 0. The molecule has 0 bridgehead atoms. The maximum absolute atomic E-state index is 5.38. The first-order chi connectivity index (χ1) is 12.5. The number of hydrazone groups is 1. The fourth-order valence-corrected chi connectivity index (χ4v) is 2.18. The van der Waals surface area contributed by atoms with Crippen molar-refractivity contribution in [3.8, 4) is 0 Å². The van der Waals surface area contributed by atoms with Gasteiger partial charge in [0.05, 0.1) is 12.4 Å². The highest BCUT2D eigenvalue weighted by atomic mass is 15.3. The van der Waals surface area contributed by atoms with Crippen molar-refractivity contribution < 1.29 is 0 Å². The Labute approximate surface area is 153 Å². The number of benzene rings is 2. The molecule has 7 heteroatoms. The molecular formula is C19H23N7. The lowest BCUT2D eigenvalue weighted by Gasteiger charge is -2.04. The van der Waals surface area contributed by atoms with Crippen molar-refractivity contribution in [2.75, 3.05) is 0 Å². The maximum Gasteiger partial charge on any atom is 0.211 e. The van der Waals surface area contributed by atoms with Crippen LogP contribution in [0.3, 0.4) is 0 Å². The van der Waals surface area contributed by atoms with Crippen molar-refractivity contribution in [3.05, 3.63) is 83.2 Å². The third kappa shape index (κ3) is 6.88. The SMILES string of the molecule is C=C(N)N/N=C/c1ccc(CCc2ccc(/C=N/N=C(N)N)cc2)cc1. The highest BCUT2D eigenvalue weighted by molar-refractivity contribution is 5.81. The number of hydrogen-bond acceptors (Lipinski definition) is 5. The van der Waals surface area contributed by atoms with Crippen LogP contribution in [0.15, 0.2) is 76.2 Å². The van der Waals surface area contributed by atoms with E-state index in [9.17, 15) is 0 Å². The lowest BCUT2D eigenvalue weighted by atomic mass is 10.0. The molecule has 7 nitrogen and oxygen atoms in total. The molecule has 0 fully saturated rings. The maximum atomic E-state index is 5.38. The van der Waals surface area contributed by atoms with Gasteiger partial charge < -0.3 is 17.2 Å². The number of rotatable bonds is 8. The van der Waals surface area contributed by atoms with Crippen LogP contribution >= 0.6 is 0 Å². The van der Waals surface area contributed by atoms with E-state index in [-0.39, 0.29) is 5.96 Å². The number of guanidine groups is 1. The van der Waals surface area contributed by atoms with Crippen LogP contribution in [0.4, 0.5) is 0 Å². The summed E-state index contributed by atoms with van der Waals surface area (Å²) in [6, 6.07) is 16.3. The summed E-state index contributed by atoms with van der Waals surface area (Å²) in [5.41, 5.74) is 22.9. The van der Waals surface area contributed by atoms with E-state index in [0.717, 1.165) is 24.0 Å². The van der Waals surface area contributed by atoms with Crippen LogP contribution < -0.4 is 22.6 Å². The highest BCUT2D eigenvalue weighted by Crippen LogP contribution is 2.09. The molecule has 0 aromatic heterocycles. The second kappa shape index (κ2) is 9.63. The number of aryl methyl sites for hydroxylation is 2. The normalized spacial score (nSPS) is 10.9. The van der Waals surface area contributed by atoms with E-state index in [2.05, 4.69) is 51.6 Å². The van der Waals surface area contributed by atoms with Crippen molar-refractivity contribution in [2.45, 2.75) is 12.8 Å². The quantitative estimate of drug-likeness (QED) is 0.326. The first-order valence-corrected chi connectivity index (χ1v) is 8.06. The Morgan fingerprint density at radius 1 is 0.846 bits per heavy atom. The zero-order valence-electron chi connectivity index (χ0n) is 14.5. The van der Waals surface area contributed by atoms with Crippen LogP contribution in [-0.4, -0.2) is 18.4 Å². The first kappa shape index (κ1) is 18.7. The van der Waals surface area contributed by atoms with Gasteiger partial charge in [0, 0.05) is 0 Å². The van der Waals surface area contributed by atoms with Gasteiger partial charge in [-0.3, -0.25) is 5.43 Å². The number of nitrogens with two attached hydrogens (primary N) is 3. The monoisotopic (exact) mass is 349 g/mol. The Hall–Kier alpha value is -3.61. The molecular weight excluding hydrogens is 326 g/mol. The van der Waals surface area contributed by atoms with Gasteiger partial charge in [-0.1, -0.05) is 55.1 Å². The molecule has 0 heterocycles. The molecule has 7 N–H and O–H groups in total. The average molecular weight is 349 g/mol. The van der Waals surface area contributed by atoms with Gasteiger partial charge >= 0.3 is 0 Å². The minimum atomic E-state index is -0.0590. The molecule has 0 unspecified atom stereocenters. The minimum Gasteiger partial charge on any atom is -0.385 e. The smallest absolute Gasteiger partial charge is 0.211 e. The largest absolute Gasteiger partial charge is 0.385 e. The van der Waals surface area contributed by atoms with Gasteiger partial charge in [0.25, 0.3) is 0 Å². The fourth-order valence-electron chi connectivity index (χ4n) is 2.18. The third-order valence-corrected chi connectivity index (χ3v) is 3.46. The van der Waals surface area contributed by atoms with E-state index >= 15 is 0 Å². The van der Waals surface area contributed by atoms with Gasteiger partial charge in [0.2, 0.25) is 5.96 Å². The average Bonchev–Trinajstić information content (AvgIpc) is 2.61. The van der Waals surface area contributed by atoms with Gasteiger partial charge in [-0.15, -0.1) is 5.10 Å². The summed E-state index contributed by atoms with van der Waals surface area (Å²) in [5.74, 6) is 0.252. The molecule has 2 rings (SSSR count). The molecule has 0 aliphatic carbocycles. The standard InChI is InChI=1S/C19H23N7/c1-14(20)25-23-12-17-8-4-15(5-9-17)2-3-16-6-10-18(11-7-16)13-24-26-19(21)22/h4-13,25H,1-3,20H2,(H4,21,22,26)/b23-12+,24-13+. The zero-order chi connectivity index (χ0) is 18.8. The molecule has 0 radical (unpaired) electrons. The van der Waals surface area contributed by atoms with Crippen LogP contribution in [0, 0.1) is 0 Å². The number of nitrogens with one attached hydrogen (secondary N) is 1. The molecule has 0 aliphatic rings. The molecule has 0 aliphatic heterocycles. The Balaban J connectivity index is 1.86. The Bertz CT molecular complexity index is 799. The first-order valence-electron chi connectivity index (χ1n) is 8.06. The molecule has 2 aromatic carbocycles. The lowest BCUT2D eigenvalue weighted by Crippen LogP contribution is -2.21. The van der Waals surface area contributed by atoms with Gasteiger partial charge in [0.15, 0.2) is 0 Å². The summed E-state index contributed by atoms with van der Waals surface area (Å²) in [6.45, 7) is 3.51. The molecule has 0 atom stereocenters. The second-order valence-corrected chi connectivity index (χ2v) is 5.65. The molecule has 0 amide bonds. The van der Waals surface area contributed by atoms with Crippen LogP contribution in [0.2, 0.25) is 0 Å². The Morgan fingerprint density at radius 2 is 1.35 bits per heavy atom. The van der Waals surface area contributed by atoms with Gasteiger partial charge in [0.1, 0.15) is 5.82 Å². The zero-order valence-corrected chi connectivity index (χ0v) is 14.5. The van der Waals surface area contributed by atoms with Crippen molar-refractivity contribution in [3.63, 3.8) is 0 Å². The molecule has 0 spiro atoms. The third-order valence-electron chi connectivity index (χ3n) is 3.46. The topological polar surface area (TPSA) is 127 Å². The van der Waals surface area contributed by atoms with Gasteiger partial charge in [-0.25, -0.2) is 0 Å². The van der Waals surface area contributed by atoms with Crippen molar-refractivity contribution in [2.24, 2.45) is 32.5 Å². The fraction of sp³-hybridized carbons (Fsp3) is 0.105. The van der Waals surface area contributed by atoms with E-state index in [1.165, 1.54) is 11.1 Å². The molecule has 2 aromatic rings. The van der Waals surface area contributed by atoms with E-state index in [1.807, 2.05) is 24.3 Å². The van der Waals surface area contributed by atoms with Gasteiger partial charge in [-0.05, 0) is 35.1 Å². The summed E-state index contributed by atoms with van der Waals surface area (Å²) < 4.78 is 0. The predicted octanol–water partition coefficient (Wildman–Crippen LogP) is 1.43. The van der Waals surface area contributed by atoms with Crippen LogP contribution in [0.25, 0.3) is 0 Å². The lowest BCUT2D eigenvalue weighted by molar-refractivity contribution is 0.882.